The van der Waals surface area contributed by atoms with E-state index in [9.17, 15) is 26.4 Å². The predicted molar refractivity (Wildman–Crippen MR) is 139 cm³/mol. The molecule has 6 atom stereocenters. The van der Waals surface area contributed by atoms with Gasteiger partial charge in [-0.3, -0.25) is 15.0 Å². The Hall–Kier alpha value is -0.660. The molecule has 1 saturated carbocycles. The summed E-state index contributed by atoms with van der Waals surface area (Å²) in [6.07, 6.45) is -0.0664. The van der Waals surface area contributed by atoms with Crippen LogP contribution in [-0.2, 0) is 14.6 Å². The number of rotatable bonds is 4. The minimum absolute atomic E-state index is 0.0960. The largest absolute Gasteiger partial charge is 0.409 e. The van der Waals surface area contributed by atoms with Crippen molar-refractivity contribution >= 4 is 27.3 Å². The number of amides is 1. The lowest BCUT2D eigenvalue weighted by molar-refractivity contribution is -0.203. The van der Waals surface area contributed by atoms with Crippen LogP contribution in [0.15, 0.2) is 0 Å². The van der Waals surface area contributed by atoms with Crippen molar-refractivity contribution in [2.24, 2.45) is 17.8 Å². The Bertz CT molecular complexity index is 966. The van der Waals surface area contributed by atoms with Gasteiger partial charge in [0.15, 0.2) is 0 Å². The third-order valence-corrected chi connectivity index (χ3v) is 11.8. The number of hydrogen-bond acceptors (Lipinski definition) is 7. The summed E-state index contributed by atoms with van der Waals surface area (Å²) >= 11 is 6.39. The Morgan fingerprint density at radius 3 is 2.37 bits per heavy atom. The van der Waals surface area contributed by atoms with E-state index in [1.54, 1.807) is 0 Å². The number of alkyl halides is 4. The van der Waals surface area contributed by atoms with Crippen molar-refractivity contribution < 1.29 is 26.4 Å². The van der Waals surface area contributed by atoms with Crippen molar-refractivity contribution in [1.29, 1.82) is 0 Å². The summed E-state index contributed by atoms with van der Waals surface area (Å²) in [6.45, 7) is 4.06. The SMILES string of the molecule is CC1CCN(C2CCC([C@H](N(C)C(=O)C3CCS(=O)(=O)CC3)C(F)(F)F)CC2)C2CNC3CC(Cl)NN3C12. The Morgan fingerprint density at radius 2 is 1.74 bits per heavy atom. The standard InChI is InChI=1S/C25H41ClF3N5O3S/c1-15-7-10-33(19-14-30-21-13-20(26)31-34(21)22(15)19)18-5-3-16(4-6-18)23(25(27,28)29)32(2)24(35)17-8-11-38(36,37)12-9-17/h15-23,30-31H,3-14H2,1-2H3/t15?,16?,18?,19?,20?,21?,22?,23-/m0/s1. The van der Waals surface area contributed by atoms with Crippen LogP contribution in [0.4, 0.5) is 13.2 Å². The maximum Gasteiger partial charge on any atom is 0.409 e. The van der Waals surface area contributed by atoms with Gasteiger partial charge in [-0.25, -0.2) is 18.9 Å². The number of carbonyl (C=O) groups is 1. The summed E-state index contributed by atoms with van der Waals surface area (Å²) in [6, 6.07) is -1.04. The van der Waals surface area contributed by atoms with E-state index in [-0.39, 0.29) is 48.1 Å². The zero-order valence-corrected chi connectivity index (χ0v) is 23.7. The van der Waals surface area contributed by atoms with Crippen molar-refractivity contribution in [3.63, 3.8) is 0 Å². The van der Waals surface area contributed by atoms with Gasteiger partial charge in [0.2, 0.25) is 5.91 Å². The van der Waals surface area contributed by atoms with Crippen LogP contribution in [0.5, 0.6) is 0 Å². The molecule has 5 aliphatic rings. The van der Waals surface area contributed by atoms with Crippen molar-refractivity contribution in [1.82, 2.24) is 25.6 Å². The van der Waals surface area contributed by atoms with E-state index in [1.165, 1.54) is 7.05 Å². The van der Waals surface area contributed by atoms with Gasteiger partial charge in [0, 0.05) is 44.1 Å². The number of nitrogens with zero attached hydrogens (tertiary/aromatic N) is 3. The van der Waals surface area contributed by atoms with Crippen LogP contribution in [0.1, 0.15) is 58.3 Å². The second-order valence-electron chi connectivity index (χ2n) is 12.2. The fourth-order valence-corrected chi connectivity index (χ4v) is 9.65. The van der Waals surface area contributed by atoms with Gasteiger partial charge in [0.1, 0.15) is 15.9 Å². The molecular formula is C25H41ClF3N5O3S. The molecule has 5 fully saturated rings. The number of fused-ring (bicyclic) bond motifs is 3. The third-order valence-electron chi connectivity index (χ3n) is 9.85. The quantitative estimate of drug-likeness (QED) is 0.389. The summed E-state index contributed by atoms with van der Waals surface area (Å²) in [4.78, 5) is 16.5. The molecule has 38 heavy (non-hydrogen) atoms. The molecule has 0 bridgehead atoms. The second-order valence-corrected chi connectivity index (χ2v) is 15.0. The summed E-state index contributed by atoms with van der Waals surface area (Å²) < 4.78 is 66.5. The number of piperidine rings is 1. The molecule has 0 aromatic heterocycles. The molecule has 4 saturated heterocycles. The lowest BCUT2D eigenvalue weighted by Crippen LogP contribution is -2.72. The lowest BCUT2D eigenvalue weighted by Gasteiger charge is -2.55. The van der Waals surface area contributed by atoms with Crippen LogP contribution in [0, 0.1) is 17.8 Å². The molecule has 5 rings (SSSR count). The van der Waals surface area contributed by atoms with E-state index in [1.807, 2.05) is 0 Å². The monoisotopic (exact) mass is 583 g/mol. The first-order chi connectivity index (χ1) is 17.9. The molecule has 218 valence electrons. The highest BCUT2D eigenvalue weighted by molar-refractivity contribution is 7.91. The first-order valence-electron chi connectivity index (χ1n) is 14.1. The highest BCUT2D eigenvalue weighted by Gasteiger charge is 2.53. The van der Waals surface area contributed by atoms with Crippen molar-refractivity contribution in [2.45, 2.75) is 100 Å². The van der Waals surface area contributed by atoms with Gasteiger partial charge in [-0.15, -0.1) is 11.6 Å². The number of sulfone groups is 1. The summed E-state index contributed by atoms with van der Waals surface area (Å²) in [5.41, 5.74) is 3.32. The maximum atomic E-state index is 14.3. The normalized spacial score (nSPS) is 39.8. The van der Waals surface area contributed by atoms with E-state index in [2.05, 4.69) is 27.6 Å². The number of hydrazine groups is 1. The number of hydrogen-bond donors (Lipinski definition) is 2. The molecule has 5 unspecified atom stereocenters. The minimum atomic E-state index is -4.53. The average molecular weight is 584 g/mol. The molecule has 1 aliphatic carbocycles. The highest BCUT2D eigenvalue weighted by atomic mass is 35.5. The van der Waals surface area contributed by atoms with Crippen LogP contribution in [-0.4, -0.2) is 103 Å². The highest BCUT2D eigenvalue weighted by Crippen LogP contribution is 2.42. The van der Waals surface area contributed by atoms with Crippen molar-refractivity contribution in [3.8, 4) is 0 Å². The lowest BCUT2D eigenvalue weighted by atomic mass is 9.77. The second kappa shape index (κ2) is 11.0. The third kappa shape index (κ3) is 5.72. The summed E-state index contributed by atoms with van der Waals surface area (Å²) in [7, 11) is -1.94. The molecule has 0 aromatic rings. The zero-order valence-electron chi connectivity index (χ0n) is 22.2. The van der Waals surface area contributed by atoms with E-state index < -0.39 is 39.8 Å². The van der Waals surface area contributed by atoms with Gasteiger partial charge in [0.05, 0.1) is 23.2 Å². The first-order valence-corrected chi connectivity index (χ1v) is 16.3. The number of likely N-dealkylation sites (tertiary alicyclic amines) is 1. The fourth-order valence-electron chi connectivity index (χ4n) is 7.88. The minimum Gasteiger partial charge on any atom is -0.333 e. The number of halogens is 4. The molecular weight excluding hydrogens is 543 g/mol. The maximum absolute atomic E-state index is 14.3. The van der Waals surface area contributed by atoms with Crippen LogP contribution < -0.4 is 10.7 Å². The summed E-state index contributed by atoms with van der Waals surface area (Å²) in [5.74, 6) is -1.66. The van der Waals surface area contributed by atoms with Gasteiger partial charge in [-0.2, -0.15) is 13.2 Å². The molecule has 1 amide bonds. The van der Waals surface area contributed by atoms with E-state index in [0.717, 1.165) is 30.8 Å². The Balaban J connectivity index is 1.23. The van der Waals surface area contributed by atoms with Crippen LogP contribution in [0.3, 0.4) is 0 Å². The molecule has 13 heteroatoms. The van der Waals surface area contributed by atoms with Gasteiger partial charge in [-0.05, 0) is 63.3 Å². The van der Waals surface area contributed by atoms with Crippen molar-refractivity contribution in [3.05, 3.63) is 0 Å². The van der Waals surface area contributed by atoms with Gasteiger partial charge in [-0.1, -0.05) is 6.92 Å². The first kappa shape index (κ1) is 28.9. The molecule has 4 heterocycles. The molecule has 0 aromatic carbocycles. The van der Waals surface area contributed by atoms with Crippen LogP contribution in [0.2, 0.25) is 0 Å². The number of nitrogens with one attached hydrogen (secondary N) is 2. The van der Waals surface area contributed by atoms with Crippen LogP contribution in [0.25, 0.3) is 0 Å². The van der Waals surface area contributed by atoms with Gasteiger partial charge in [0.25, 0.3) is 0 Å². The number of carbonyl (C=O) groups excluding carboxylic acids is 1. The Labute approximate surface area is 228 Å². The Kier molecular flexibility index (Phi) is 8.32. The smallest absolute Gasteiger partial charge is 0.333 e. The fraction of sp³-hybridized carbons (Fsp3) is 0.960. The average Bonchev–Trinajstić information content (AvgIpc) is 3.24. The zero-order chi connectivity index (χ0) is 27.4. The van der Waals surface area contributed by atoms with Gasteiger partial charge >= 0.3 is 6.18 Å². The summed E-state index contributed by atoms with van der Waals surface area (Å²) in [5, 5.41) is 5.90. The molecule has 8 nitrogen and oxygen atoms in total. The Morgan fingerprint density at radius 1 is 1.08 bits per heavy atom. The van der Waals surface area contributed by atoms with Crippen LogP contribution >= 0.6 is 11.6 Å². The molecule has 4 aliphatic heterocycles. The molecule has 0 spiro atoms. The predicted octanol–water partition coefficient (Wildman–Crippen LogP) is 2.54. The molecule has 0 radical (unpaired) electrons. The van der Waals surface area contributed by atoms with E-state index in [4.69, 9.17) is 11.6 Å². The van der Waals surface area contributed by atoms with Crippen molar-refractivity contribution in [2.75, 3.05) is 31.6 Å². The van der Waals surface area contributed by atoms with Gasteiger partial charge < -0.3 is 4.90 Å². The topological polar surface area (TPSA) is 85.0 Å². The van der Waals surface area contributed by atoms with E-state index >= 15 is 0 Å². The molecule has 2 N–H and O–H groups in total. The van der Waals surface area contributed by atoms with E-state index in [0.29, 0.717) is 37.6 Å².